The molecule has 2 aromatic heterocycles. The quantitative estimate of drug-likeness (QED) is 0.277. The largest absolute Gasteiger partial charge is 0.360 e. The molecule has 1 unspecified atom stereocenters. The molecule has 2 N–H and O–H groups in total. The molecule has 3 aromatic carbocycles. The molecule has 0 spiro atoms. The Morgan fingerprint density at radius 1 is 1.03 bits per heavy atom. The fraction of sp³-hybridized carbons (Fsp3) is 0.200. The van der Waals surface area contributed by atoms with Gasteiger partial charge in [0, 0.05) is 47.5 Å². The van der Waals surface area contributed by atoms with Crippen molar-refractivity contribution < 1.29 is 4.79 Å². The van der Waals surface area contributed by atoms with Gasteiger partial charge in [0.05, 0.1) is 12.2 Å². The Morgan fingerprint density at radius 2 is 1.80 bits per heavy atom. The van der Waals surface area contributed by atoms with Gasteiger partial charge in [-0.3, -0.25) is 9.48 Å². The Kier molecular flexibility index (Phi) is 6.34. The average Bonchev–Trinajstić information content (AvgIpc) is 3.50. The summed E-state index contributed by atoms with van der Waals surface area (Å²) in [5.41, 5.74) is 7.22. The number of rotatable bonds is 8. The van der Waals surface area contributed by atoms with Crippen molar-refractivity contribution in [1.82, 2.24) is 20.1 Å². The Bertz CT molecular complexity index is 1450. The van der Waals surface area contributed by atoms with E-state index in [0.717, 1.165) is 34.0 Å². The summed E-state index contributed by atoms with van der Waals surface area (Å²) in [4.78, 5) is 17.2. The molecule has 176 valence electrons. The first kappa shape index (κ1) is 22.8. The van der Waals surface area contributed by atoms with Crippen LogP contribution >= 0.6 is 0 Å². The fourth-order valence-corrected chi connectivity index (χ4v) is 4.63. The summed E-state index contributed by atoms with van der Waals surface area (Å²) in [5.74, 6) is 0.0623. The number of hydrogen-bond acceptors (Lipinski definition) is 3. The van der Waals surface area contributed by atoms with Crippen LogP contribution in [0.4, 0.5) is 0 Å². The lowest BCUT2D eigenvalue weighted by atomic mass is 9.95. The molecule has 0 fully saturated rings. The molecule has 2 atom stereocenters. The van der Waals surface area contributed by atoms with Crippen LogP contribution in [0.15, 0.2) is 91.4 Å². The van der Waals surface area contributed by atoms with E-state index in [1.807, 2.05) is 62.0 Å². The standard InChI is InChI=1S/C30H30N4O/c1-20-9-11-22(12-10-20)15-21(2)33-29(23-7-5-4-6-8-23)30(35)27-18-31-28-16-24(13-14-26(27)28)25-17-32-34(3)19-25/h4-14,16-19,21,29,31,33H,15H2,1-3H3/t21?,29-/m1/s1. The van der Waals surface area contributed by atoms with Gasteiger partial charge in [-0.2, -0.15) is 5.10 Å². The van der Waals surface area contributed by atoms with Crippen molar-refractivity contribution in [3.05, 3.63) is 114 Å². The normalized spacial score (nSPS) is 13.1. The second kappa shape index (κ2) is 9.72. The predicted molar refractivity (Wildman–Crippen MR) is 141 cm³/mol. The van der Waals surface area contributed by atoms with Gasteiger partial charge in [0.15, 0.2) is 5.78 Å². The minimum Gasteiger partial charge on any atom is -0.360 e. The molecule has 0 saturated heterocycles. The lowest BCUT2D eigenvalue weighted by molar-refractivity contribution is 0.0938. The van der Waals surface area contributed by atoms with Crippen LogP contribution < -0.4 is 5.32 Å². The maximum Gasteiger partial charge on any atom is 0.186 e. The van der Waals surface area contributed by atoms with E-state index < -0.39 is 6.04 Å². The first-order valence-corrected chi connectivity index (χ1v) is 12.0. The summed E-state index contributed by atoms with van der Waals surface area (Å²) in [6.07, 6.45) is 6.52. The van der Waals surface area contributed by atoms with Crippen molar-refractivity contribution in [2.45, 2.75) is 32.4 Å². The van der Waals surface area contributed by atoms with Gasteiger partial charge < -0.3 is 10.3 Å². The van der Waals surface area contributed by atoms with E-state index in [1.54, 1.807) is 4.68 Å². The second-order valence-corrected chi connectivity index (χ2v) is 9.33. The van der Waals surface area contributed by atoms with Gasteiger partial charge in [-0.15, -0.1) is 0 Å². The maximum atomic E-state index is 13.9. The van der Waals surface area contributed by atoms with Crippen LogP contribution in [-0.2, 0) is 13.5 Å². The van der Waals surface area contributed by atoms with Crippen LogP contribution in [0.25, 0.3) is 22.0 Å². The number of aromatic nitrogens is 3. The summed E-state index contributed by atoms with van der Waals surface area (Å²) < 4.78 is 1.79. The topological polar surface area (TPSA) is 62.7 Å². The molecule has 5 aromatic rings. The Labute approximate surface area is 205 Å². The van der Waals surface area contributed by atoms with E-state index in [-0.39, 0.29) is 11.8 Å². The number of nitrogens with one attached hydrogen (secondary N) is 2. The third kappa shape index (κ3) is 4.96. The van der Waals surface area contributed by atoms with Crippen LogP contribution in [0.2, 0.25) is 0 Å². The van der Waals surface area contributed by atoms with E-state index in [1.165, 1.54) is 11.1 Å². The minimum atomic E-state index is -0.436. The molecule has 0 aliphatic carbocycles. The smallest absolute Gasteiger partial charge is 0.186 e. The predicted octanol–water partition coefficient (Wildman–Crippen LogP) is 6.02. The van der Waals surface area contributed by atoms with Gasteiger partial charge in [0.2, 0.25) is 0 Å². The molecule has 0 saturated carbocycles. The highest BCUT2D eigenvalue weighted by molar-refractivity contribution is 6.11. The summed E-state index contributed by atoms with van der Waals surface area (Å²) in [6, 6.07) is 24.4. The Morgan fingerprint density at radius 3 is 2.51 bits per heavy atom. The highest BCUT2D eigenvalue weighted by Gasteiger charge is 2.26. The Balaban J connectivity index is 1.43. The molecule has 0 aliphatic rings. The van der Waals surface area contributed by atoms with E-state index in [0.29, 0.717) is 5.56 Å². The van der Waals surface area contributed by atoms with Crippen molar-refractivity contribution in [3.63, 3.8) is 0 Å². The average molecular weight is 463 g/mol. The third-order valence-electron chi connectivity index (χ3n) is 6.49. The number of benzene rings is 3. The number of carbonyl (C=O) groups is 1. The molecule has 35 heavy (non-hydrogen) atoms. The van der Waals surface area contributed by atoms with E-state index in [4.69, 9.17) is 0 Å². The van der Waals surface area contributed by atoms with Crippen LogP contribution in [0.1, 0.15) is 40.0 Å². The molecule has 5 nitrogen and oxygen atoms in total. The third-order valence-corrected chi connectivity index (χ3v) is 6.49. The summed E-state index contributed by atoms with van der Waals surface area (Å²) in [5, 5.41) is 8.81. The van der Waals surface area contributed by atoms with Gasteiger partial charge in [-0.25, -0.2) is 0 Å². The molecule has 0 amide bonds. The first-order chi connectivity index (χ1) is 17.0. The number of carbonyl (C=O) groups excluding carboxylic acids is 1. The van der Waals surface area contributed by atoms with Crippen molar-refractivity contribution in [1.29, 1.82) is 0 Å². The number of H-pyrrole nitrogens is 1. The van der Waals surface area contributed by atoms with Crippen LogP contribution in [-0.4, -0.2) is 26.6 Å². The number of Topliss-reactive ketones (excluding diaryl/α,β-unsaturated/α-hetero) is 1. The number of fused-ring (bicyclic) bond motifs is 1. The second-order valence-electron chi connectivity index (χ2n) is 9.33. The zero-order valence-electron chi connectivity index (χ0n) is 20.3. The van der Waals surface area contributed by atoms with Crippen molar-refractivity contribution >= 4 is 16.7 Å². The minimum absolute atomic E-state index is 0.0623. The highest BCUT2D eigenvalue weighted by atomic mass is 16.1. The molecule has 5 rings (SSSR count). The van der Waals surface area contributed by atoms with Gasteiger partial charge in [-0.05, 0) is 43.0 Å². The first-order valence-electron chi connectivity index (χ1n) is 12.0. The number of aryl methyl sites for hydroxylation is 2. The number of ketones is 1. The Hall–Kier alpha value is -3.96. The van der Waals surface area contributed by atoms with Gasteiger partial charge in [-0.1, -0.05) is 72.3 Å². The van der Waals surface area contributed by atoms with Gasteiger partial charge in [0.1, 0.15) is 0 Å². The van der Waals surface area contributed by atoms with Crippen molar-refractivity contribution in [2.75, 3.05) is 0 Å². The SMILES string of the molecule is Cc1ccc(CC(C)N[C@@H](C(=O)c2c[nH]c3cc(-c4cnn(C)c4)ccc23)c2ccccc2)cc1. The van der Waals surface area contributed by atoms with Crippen LogP contribution in [0, 0.1) is 6.92 Å². The zero-order chi connectivity index (χ0) is 24.4. The molecular formula is C30H30N4O. The highest BCUT2D eigenvalue weighted by Crippen LogP contribution is 2.29. The maximum absolute atomic E-state index is 13.9. The van der Waals surface area contributed by atoms with Crippen LogP contribution in [0.3, 0.4) is 0 Å². The van der Waals surface area contributed by atoms with Gasteiger partial charge >= 0.3 is 0 Å². The van der Waals surface area contributed by atoms with E-state index in [9.17, 15) is 4.79 Å². The van der Waals surface area contributed by atoms with Gasteiger partial charge in [0.25, 0.3) is 0 Å². The summed E-state index contributed by atoms with van der Waals surface area (Å²) >= 11 is 0. The molecule has 2 heterocycles. The molecular weight excluding hydrogens is 432 g/mol. The number of nitrogens with zero attached hydrogens (tertiary/aromatic N) is 2. The van der Waals surface area contributed by atoms with E-state index >= 15 is 0 Å². The molecule has 0 radical (unpaired) electrons. The molecule has 0 aliphatic heterocycles. The molecule has 0 bridgehead atoms. The number of hydrogen-bond donors (Lipinski definition) is 2. The van der Waals surface area contributed by atoms with Crippen molar-refractivity contribution in [3.8, 4) is 11.1 Å². The summed E-state index contributed by atoms with van der Waals surface area (Å²) in [6.45, 7) is 4.23. The van der Waals surface area contributed by atoms with Crippen molar-refractivity contribution in [2.24, 2.45) is 7.05 Å². The lowest BCUT2D eigenvalue weighted by Gasteiger charge is -2.23. The molecule has 5 heteroatoms. The lowest BCUT2D eigenvalue weighted by Crippen LogP contribution is -2.36. The zero-order valence-corrected chi connectivity index (χ0v) is 20.3. The van der Waals surface area contributed by atoms with E-state index in [2.05, 4.69) is 65.6 Å². The summed E-state index contributed by atoms with van der Waals surface area (Å²) in [7, 11) is 1.91. The fourth-order valence-electron chi connectivity index (χ4n) is 4.63. The monoisotopic (exact) mass is 462 g/mol. The van der Waals surface area contributed by atoms with Crippen LogP contribution in [0.5, 0.6) is 0 Å². The number of aromatic amines is 1.